The Hall–Kier alpha value is -0.470. The van der Waals surface area contributed by atoms with E-state index in [9.17, 15) is 17.2 Å². The summed E-state index contributed by atoms with van der Waals surface area (Å²) in [5.74, 6) is -0.559. The fourth-order valence-corrected chi connectivity index (χ4v) is 3.32. The number of halogens is 4. The SMILES string of the molecule is CS(=O)(=O)N[C@@H]1[C@H](Cc2cccc(Cl)c2F)NC[C@@H]1F.Cl. The minimum atomic E-state index is -3.53. The molecule has 9 heteroatoms. The zero-order valence-electron chi connectivity index (χ0n) is 11.1. The lowest BCUT2D eigenvalue weighted by atomic mass is 10.0. The molecule has 0 aromatic heterocycles. The predicted octanol–water partition coefficient (Wildman–Crippen LogP) is 1.67. The molecule has 0 radical (unpaired) electrons. The third kappa shape index (κ3) is 4.75. The molecule has 0 saturated carbocycles. The zero-order valence-corrected chi connectivity index (χ0v) is 13.5. The normalized spacial score (nSPS) is 25.6. The molecule has 4 nitrogen and oxygen atoms in total. The van der Waals surface area contributed by atoms with Crippen LogP contribution in [0.3, 0.4) is 0 Å². The van der Waals surface area contributed by atoms with Crippen LogP contribution in [0.15, 0.2) is 18.2 Å². The Kier molecular flexibility index (Phi) is 6.36. The summed E-state index contributed by atoms with van der Waals surface area (Å²) in [6, 6.07) is 3.14. The van der Waals surface area contributed by atoms with E-state index in [1.165, 1.54) is 6.07 Å². The van der Waals surface area contributed by atoms with Gasteiger partial charge in [-0.05, 0) is 18.1 Å². The van der Waals surface area contributed by atoms with E-state index < -0.39 is 34.1 Å². The van der Waals surface area contributed by atoms with Gasteiger partial charge in [0.2, 0.25) is 10.0 Å². The van der Waals surface area contributed by atoms with Crippen molar-refractivity contribution in [2.75, 3.05) is 12.8 Å². The highest BCUT2D eigenvalue weighted by Gasteiger charge is 2.38. The van der Waals surface area contributed by atoms with E-state index in [0.717, 1.165) is 6.26 Å². The third-order valence-electron chi connectivity index (χ3n) is 3.22. The van der Waals surface area contributed by atoms with Crippen LogP contribution >= 0.6 is 24.0 Å². The summed E-state index contributed by atoms with van der Waals surface area (Å²) in [6.45, 7) is 0.0278. The summed E-state index contributed by atoms with van der Waals surface area (Å²) in [5.41, 5.74) is 0.324. The molecular weight excluding hydrogens is 345 g/mol. The van der Waals surface area contributed by atoms with Gasteiger partial charge in [-0.3, -0.25) is 0 Å². The lowest BCUT2D eigenvalue weighted by Gasteiger charge is -2.21. The maximum Gasteiger partial charge on any atom is 0.209 e. The molecule has 1 heterocycles. The van der Waals surface area contributed by atoms with Crippen molar-refractivity contribution in [3.05, 3.63) is 34.6 Å². The van der Waals surface area contributed by atoms with Crippen LogP contribution in [0.2, 0.25) is 5.02 Å². The van der Waals surface area contributed by atoms with Crippen molar-refractivity contribution in [2.24, 2.45) is 0 Å². The van der Waals surface area contributed by atoms with Crippen LogP contribution < -0.4 is 10.0 Å². The zero-order chi connectivity index (χ0) is 14.9. The number of alkyl halides is 1. The van der Waals surface area contributed by atoms with Gasteiger partial charge in [0.25, 0.3) is 0 Å². The van der Waals surface area contributed by atoms with E-state index in [1.54, 1.807) is 12.1 Å². The first-order valence-corrected chi connectivity index (χ1v) is 8.32. The van der Waals surface area contributed by atoms with Crippen LogP contribution in [0, 0.1) is 5.82 Å². The fourth-order valence-electron chi connectivity index (χ4n) is 2.32. The number of hydrogen-bond acceptors (Lipinski definition) is 3. The highest BCUT2D eigenvalue weighted by molar-refractivity contribution is 7.88. The predicted molar refractivity (Wildman–Crippen MR) is 80.8 cm³/mol. The topological polar surface area (TPSA) is 58.2 Å². The molecule has 21 heavy (non-hydrogen) atoms. The molecular formula is C12H16Cl2F2N2O2S. The van der Waals surface area contributed by atoms with Gasteiger partial charge in [0.1, 0.15) is 12.0 Å². The Morgan fingerprint density at radius 2 is 2.14 bits per heavy atom. The van der Waals surface area contributed by atoms with E-state index in [1.807, 2.05) is 0 Å². The minimum Gasteiger partial charge on any atom is -0.309 e. The molecule has 3 atom stereocenters. The molecule has 120 valence electrons. The maximum absolute atomic E-state index is 13.8. The average Bonchev–Trinajstić information content (AvgIpc) is 2.66. The van der Waals surface area contributed by atoms with Gasteiger partial charge in [0.05, 0.1) is 17.3 Å². The van der Waals surface area contributed by atoms with E-state index >= 15 is 0 Å². The Morgan fingerprint density at radius 1 is 1.48 bits per heavy atom. The van der Waals surface area contributed by atoms with Crippen LogP contribution in [-0.2, 0) is 16.4 Å². The van der Waals surface area contributed by atoms with Gasteiger partial charge in [0, 0.05) is 12.6 Å². The molecule has 1 aromatic carbocycles. The number of benzene rings is 1. The van der Waals surface area contributed by atoms with Crippen LogP contribution in [0.5, 0.6) is 0 Å². The van der Waals surface area contributed by atoms with Crippen molar-refractivity contribution >= 4 is 34.0 Å². The molecule has 0 amide bonds. The largest absolute Gasteiger partial charge is 0.309 e. The average molecular weight is 361 g/mol. The lowest BCUT2D eigenvalue weighted by Crippen LogP contribution is -2.47. The molecule has 0 unspecified atom stereocenters. The van der Waals surface area contributed by atoms with Crippen molar-refractivity contribution < 1.29 is 17.2 Å². The minimum absolute atomic E-state index is 0. The van der Waals surface area contributed by atoms with Crippen molar-refractivity contribution in [3.8, 4) is 0 Å². The van der Waals surface area contributed by atoms with Gasteiger partial charge >= 0.3 is 0 Å². The van der Waals surface area contributed by atoms with Crippen LogP contribution in [0.4, 0.5) is 8.78 Å². The Labute approximate surface area is 133 Å². The van der Waals surface area contributed by atoms with E-state index in [4.69, 9.17) is 11.6 Å². The first-order valence-electron chi connectivity index (χ1n) is 6.05. The molecule has 2 N–H and O–H groups in total. The third-order valence-corrected chi connectivity index (χ3v) is 4.21. The maximum atomic E-state index is 13.8. The molecule has 1 saturated heterocycles. The Bertz CT molecular complexity index is 601. The first-order chi connectivity index (χ1) is 9.28. The molecule has 0 bridgehead atoms. The highest BCUT2D eigenvalue weighted by atomic mass is 35.5. The van der Waals surface area contributed by atoms with Crippen LogP contribution in [0.1, 0.15) is 5.56 Å². The van der Waals surface area contributed by atoms with Gasteiger partial charge in [-0.15, -0.1) is 12.4 Å². The molecule has 1 aromatic rings. The van der Waals surface area contributed by atoms with Gasteiger partial charge in [0.15, 0.2) is 0 Å². The Morgan fingerprint density at radius 3 is 2.76 bits per heavy atom. The van der Waals surface area contributed by atoms with E-state index in [2.05, 4.69) is 10.0 Å². The number of hydrogen-bond donors (Lipinski definition) is 2. The number of nitrogens with one attached hydrogen (secondary N) is 2. The summed E-state index contributed by atoms with van der Waals surface area (Å²) in [5, 5.41) is 2.85. The summed E-state index contributed by atoms with van der Waals surface area (Å²) in [4.78, 5) is 0. The standard InChI is InChI=1S/C12H15ClF2N2O2S.ClH/c1-20(18,19)17-12-9(14)6-16-10(12)5-7-3-2-4-8(13)11(7)15;/h2-4,9-10,12,16-17H,5-6H2,1H3;1H/t9-,10-,12-;/m0./s1. The lowest BCUT2D eigenvalue weighted by molar-refractivity contribution is 0.304. The summed E-state index contributed by atoms with van der Waals surface area (Å²) in [7, 11) is -3.53. The summed E-state index contributed by atoms with van der Waals surface area (Å²) < 4.78 is 52.3. The van der Waals surface area contributed by atoms with Crippen LogP contribution in [-0.4, -0.2) is 39.5 Å². The van der Waals surface area contributed by atoms with Gasteiger partial charge in [-0.1, -0.05) is 23.7 Å². The quantitative estimate of drug-likeness (QED) is 0.858. The van der Waals surface area contributed by atoms with Crippen molar-refractivity contribution in [3.63, 3.8) is 0 Å². The number of sulfonamides is 1. The second-order valence-electron chi connectivity index (χ2n) is 4.86. The molecule has 0 spiro atoms. The van der Waals surface area contributed by atoms with Crippen molar-refractivity contribution in [2.45, 2.75) is 24.7 Å². The smallest absolute Gasteiger partial charge is 0.209 e. The highest BCUT2D eigenvalue weighted by Crippen LogP contribution is 2.22. The van der Waals surface area contributed by atoms with Crippen molar-refractivity contribution in [1.82, 2.24) is 10.0 Å². The molecule has 2 rings (SSSR count). The number of rotatable bonds is 4. The molecule has 1 fully saturated rings. The fraction of sp³-hybridized carbons (Fsp3) is 0.500. The monoisotopic (exact) mass is 360 g/mol. The first kappa shape index (κ1) is 18.6. The Balaban J connectivity index is 0.00000220. The van der Waals surface area contributed by atoms with Crippen molar-refractivity contribution in [1.29, 1.82) is 0 Å². The van der Waals surface area contributed by atoms with E-state index in [0.29, 0.717) is 5.56 Å². The van der Waals surface area contributed by atoms with Gasteiger partial charge in [-0.2, -0.15) is 0 Å². The summed E-state index contributed by atoms with van der Waals surface area (Å²) >= 11 is 5.69. The molecule has 0 aliphatic carbocycles. The summed E-state index contributed by atoms with van der Waals surface area (Å²) in [6.07, 6.45) is -0.230. The molecule has 1 aliphatic rings. The van der Waals surface area contributed by atoms with Gasteiger partial charge in [-0.25, -0.2) is 21.9 Å². The second kappa shape index (κ2) is 7.19. The van der Waals surface area contributed by atoms with Crippen LogP contribution in [0.25, 0.3) is 0 Å². The second-order valence-corrected chi connectivity index (χ2v) is 7.05. The van der Waals surface area contributed by atoms with E-state index in [-0.39, 0.29) is 30.4 Å². The van der Waals surface area contributed by atoms with Gasteiger partial charge < -0.3 is 5.32 Å². The molecule has 1 aliphatic heterocycles.